The standard InChI is InChI=1S/C11H11NO3.C11H9NO3.C10H11NO.C10H9NO.C10H8O.CHI3.CH2I2.CH3I.CH2I.2HI.2V/c2*1-12-9(11(14)15)5-7-3-2-4-8(6-13)10(7)12;2*1-11-6-5-8-3-2-4-9(7-12)10(8)11;11-7-9-5-1-3-8-4-2-6-10(8)9;2-1(3)4;2-1-3;2*1-2;;;;/h2-5,13H,6H2,1H3,(H,14,15);2-6H,1H3,(H,14,15);2-6,12H,7H2,1H3;2-7H,1H3;1-5,7H,6H2;1H;1H2;1H3;1H2;2*1H;;/q;;;;;;;;-1;;;;+2/p-2. The Morgan fingerprint density at radius 2 is 0.938 bits per heavy atom. The monoisotopic (exact) mass is 2170 g/mol. The molecule has 0 unspecified atom stereocenters. The van der Waals surface area contributed by atoms with Gasteiger partial charge in [0.1, 0.15) is 17.6 Å². The van der Waals surface area contributed by atoms with Gasteiger partial charge < -0.3 is 61.3 Å². The molecule has 0 amide bonds. The van der Waals surface area contributed by atoms with E-state index in [1.165, 1.54) is 23.5 Å². The van der Waals surface area contributed by atoms with Crippen LogP contribution in [0.4, 0.5) is 0 Å². The van der Waals surface area contributed by atoms with Crippen molar-refractivity contribution in [3.8, 4) is 0 Å². The zero-order valence-corrected chi connectivity index (χ0v) is 65.7. The minimum absolute atomic E-state index is 0. The number of aromatic carboxylic acids is 2. The molecule has 9 aromatic rings. The first kappa shape index (κ1) is 79.6. The molecule has 0 fully saturated rings. The molecule has 0 bridgehead atoms. The van der Waals surface area contributed by atoms with Gasteiger partial charge in [0.05, 0.1) is 37.7 Å². The van der Waals surface area contributed by atoms with Gasteiger partial charge in [0, 0.05) is 103 Å². The van der Waals surface area contributed by atoms with Crippen LogP contribution in [0.2, 0.25) is 0 Å². The number of hydrogen-bond donors (Lipinski definition) is 4. The van der Waals surface area contributed by atoms with Gasteiger partial charge in [-0.05, 0) is 64.3 Å². The van der Waals surface area contributed by atoms with E-state index in [2.05, 4.69) is 205 Å². The van der Waals surface area contributed by atoms with Crippen molar-refractivity contribution in [3.63, 3.8) is 0 Å². The third kappa shape index (κ3) is 24.8. The molecule has 4 aromatic heterocycles. The summed E-state index contributed by atoms with van der Waals surface area (Å²) in [6, 6.07) is 35.3. The normalized spacial score (nSPS) is 9.97. The van der Waals surface area contributed by atoms with Gasteiger partial charge in [0.2, 0.25) is 0 Å². The van der Waals surface area contributed by atoms with Crippen molar-refractivity contribution in [1.82, 2.24) is 18.3 Å². The largest absolute Gasteiger partial charge is 0 e. The van der Waals surface area contributed by atoms with Gasteiger partial charge in [0.25, 0.3) is 0 Å². The van der Waals surface area contributed by atoms with Crippen molar-refractivity contribution in [2.75, 3.05) is 7.36 Å². The molecule has 428 valence electrons. The number of alkyl halides is 6. The van der Waals surface area contributed by atoms with E-state index in [0.717, 1.165) is 80.2 Å². The van der Waals surface area contributed by atoms with Crippen LogP contribution in [0, 0.1) is 4.93 Å². The van der Waals surface area contributed by atoms with E-state index < -0.39 is 11.9 Å². The van der Waals surface area contributed by atoms with Crippen LogP contribution in [0.3, 0.4) is 0 Å². The Balaban J connectivity index is 0.000000921. The molecule has 1 radical (unpaired) electrons. The molecular weight excluding hydrogens is 2120 g/mol. The van der Waals surface area contributed by atoms with Crippen LogP contribution in [0.5, 0.6) is 0 Å². The van der Waals surface area contributed by atoms with E-state index in [1.54, 1.807) is 61.1 Å². The molecule has 13 nitrogen and oxygen atoms in total. The first-order valence-electron chi connectivity index (χ1n) is 22.6. The molecule has 0 atom stereocenters. The molecule has 5 aromatic carbocycles. The zero-order valence-electron chi connectivity index (χ0n) is 43.5. The first-order chi connectivity index (χ1) is 37.9. The Bertz CT molecular complexity index is 3380. The molecule has 0 saturated heterocycles. The van der Waals surface area contributed by atoms with Crippen LogP contribution in [0.25, 0.3) is 49.7 Å². The number of aliphatic hydroxyl groups is 2. The number of carbonyl (C=O) groups excluding carboxylic acids is 3. The zero-order chi connectivity index (χ0) is 59.8. The van der Waals surface area contributed by atoms with Gasteiger partial charge in [-0.2, -0.15) is 0 Å². The quantitative estimate of drug-likeness (QED) is 0.0521. The Kier molecular flexibility index (Phi) is 44.8. The Hall–Kier alpha value is -0.391. The second-order valence-electron chi connectivity index (χ2n) is 15.5. The van der Waals surface area contributed by atoms with Gasteiger partial charge in [-0.3, -0.25) is 19.3 Å². The van der Waals surface area contributed by atoms with Crippen molar-refractivity contribution in [1.29, 1.82) is 0 Å². The summed E-state index contributed by atoms with van der Waals surface area (Å²) < 4.78 is 9.02. The number of aldehydes is 3. The summed E-state index contributed by atoms with van der Waals surface area (Å²) in [6.07, 6.45) is 11.5. The summed E-state index contributed by atoms with van der Waals surface area (Å²) in [5.41, 5.74) is 10.1. The Labute approximate surface area is 603 Å². The molecule has 10 rings (SSSR count). The number of para-hydroxylation sites is 4. The fourth-order valence-corrected chi connectivity index (χ4v) is 8.07. The summed E-state index contributed by atoms with van der Waals surface area (Å²) in [4.78, 5) is 59.0. The average molecular weight is 2170 g/mol. The van der Waals surface area contributed by atoms with Crippen LogP contribution in [-0.2, 0) is 75.8 Å². The van der Waals surface area contributed by atoms with Crippen LogP contribution in [0.1, 0.15) is 74.3 Å². The number of rotatable bonds is 7. The minimum Gasteiger partial charge on any atom is 0 e. The summed E-state index contributed by atoms with van der Waals surface area (Å²) in [5.74, 6) is -1.96. The molecule has 1 aliphatic rings. The van der Waals surface area contributed by atoms with Gasteiger partial charge in [-0.1, -0.05) is 227 Å². The molecule has 80 heavy (non-hydrogen) atoms. The summed E-state index contributed by atoms with van der Waals surface area (Å²) in [5, 5.41) is 40.0. The van der Waals surface area contributed by atoms with Gasteiger partial charge in [0.15, 0.2) is 12.6 Å². The fourth-order valence-electron chi connectivity index (χ4n) is 8.07. The number of halogens is 9. The predicted octanol–water partition coefficient (Wildman–Crippen LogP) is 17.2. The van der Waals surface area contributed by atoms with Crippen molar-refractivity contribution in [2.24, 2.45) is 28.2 Å². The SMILES string of the molecule is CI.Cn1c(C(=O)O)cc2cccc(C=O)c21.Cn1c(C(=O)O)cc2cccc(CO)c21.Cn1ccc2cccc(C=O)c21.Cn1ccc2cccc(CO)c21.IC(I)I.ICI.O=Cc1cccc2c1CC=C2.[CH2-]I.[I][V][I].[V]. The van der Waals surface area contributed by atoms with E-state index in [0.29, 0.717) is 20.5 Å². The van der Waals surface area contributed by atoms with Crippen LogP contribution < -0.4 is 0 Å². The summed E-state index contributed by atoms with van der Waals surface area (Å²) in [7, 11) is 7.88. The van der Waals surface area contributed by atoms with Gasteiger partial charge >= 0.3 is 61.4 Å². The first-order valence-corrected chi connectivity index (χ1v) is 42.1. The number of aromatic nitrogens is 4. The van der Waals surface area contributed by atoms with Crippen LogP contribution in [-0.4, -0.2) is 76.8 Å². The van der Waals surface area contributed by atoms with E-state index >= 15 is 0 Å². The minimum atomic E-state index is -0.995. The molecule has 4 heterocycles. The maximum absolute atomic E-state index is 10.9. The van der Waals surface area contributed by atoms with Crippen molar-refractivity contribution >= 4 is 279 Å². The number of carbonyl (C=O) groups is 5. The Morgan fingerprint density at radius 3 is 1.38 bits per heavy atom. The number of aryl methyl sites for hydroxylation is 4. The smallest absolute Gasteiger partial charge is 0 e. The maximum Gasteiger partial charge on any atom is 0 e. The van der Waals surface area contributed by atoms with E-state index in [1.807, 2.05) is 124 Å². The second-order valence-corrected chi connectivity index (χ2v) is 42.6. The number of carboxylic acid groups (broad SMARTS) is 2. The number of allylic oxidation sites excluding steroid dienone is 1. The molecule has 0 saturated carbocycles. The van der Waals surface area contributed by atoms with Crippen molar-refractivity contribution < 1.29 is 72.4 Å². The third-order valence-electron chi connectivity index (χ3n) is 11.2. The van der Waals surface area contributed by atoms with E-state index in [4.69, 9.17) is 20.4 Å². The number of benzene rings is 5. The summed E-state index contributed by atoms with van der Waals surface area (Å²) in [6.45, 7) is 0.0173. The molecular formula is C56H56I9N4O9V2-. The predicted molar refractivity (Wildman–Crippen MR) is 399 cm³/mol. The molecule has 1 aliphatic carbocycles. The van der Waals surface area contributed by atoms with E-state index in [-0.39, 0.29) is 43.2 Å². The number of aliphatic hydroxyl groups excluding tert-OH is 2. The fraction of sp³-hybridized carbons (Fsp3) is 0.179. The molecule has 0 spiro atoms. The topological polar surface area (TPSA) is 186 Å². The van der Waals surface area contributed by atoms with Crippen LogP contribution >= 0.6 is 198 Å². The third-order valence-corrected chi connectivity index (χ3v) is 11.2. The molecule has 4 N–H and O–H groups in total. The molecule has 24 heteroatoms. The van der Waals surface area contributed by atoms with Gasteiger partial charge in [-0.25, -0.2) is 9.59 Å². The number of fused-ring (bicyclic) bond motifs is 5. The van der Waals surface area contributed by atoms with Gasteiger partial charge in [-0.15, -0.1) is 0 Å². The van der Waals surface area contributed by atoms with E-state index in [9.17, 15) is 24.0 Å². The maximum atomic E-state index is 10.9. The average Bonchev–Trinajstić information content (AvgIpc) is 4.31. The van der Waals surface area contributed by atoms with Crippen LogP contribution in [0.15, 0.2) is 134 Å². The summed E-state index contributed by atoms with van der Waals surface area (Å²) >= 11 is 20.3. The number of carboxylic acids is 2. The van der Waals surface area contributed by atoms with Crippen molar-refractivity contribution in [2.45, 2.75) is 19.6 Å². The molecule has 0 aliphatic heterocycles. The Morgan fingerprint density at radius 1 is 0.588 bits per heavy atom. The second kappa shape index (κ2) is 45.0. The van der Waals surface area contributed by atoms with Crippen molar-refractivity contribution in [3.05, 3.63) is 189 Å². The number of hydrogen-bond acceptors (Lipinski definition) is 7. The number of nitrogens with zero attached hydrogens (tertiary/aromatic N) is 4.